The highest BCUT2D eigenvalue weighted by molar-refractivity contribution is 5.93. The zero-order chi connectivity index (χ0) is 22.5. The molecule has 0 saturated heterocycles. The van der Waals surface area contributed by atoms with E-state index >= 15 is 0 Å². The second-order valence-electron chi connectivity index (χ2n) is 7.63. The quantitative estimate of drug-likeness (QED) is 0.568. The number of urea groups is 1. The highest BCUT2D eigenvalue weighted by atomic mass is 16.2. The van der Waals surface area contributed by atoms with E-state index < -0.39 is 0 Å². The number of likely N-dealkylation sites (N-methyl/N-ethyl adjacent to an activating group) is 1. The summed E-state index contributed by atoms with van der Waals surface area (Å²) in [6.45, 7) is 3.59. The summed E-state index contributed by atoms with van der Waals surface area (Å²) in [7, 11) is 3.46. The summed E-state index contributed by atoms with van der Waals surface area (Å²) >= 11 is 0. The van der Waals surface area contributed by atoms with Gasteiger partial charge in [0.1, 0.15) is 6.54 Å². The molecule has 3 rings (SSSR count). The number of carbonyl (C=O) groups excluding carboxylic acids is 3. The van der Waals surface area contributed by atoms with Crippen LogP contribution in [0.2, 0.25) is 0 Å². The second kappa shape index (κ2) is 9.34. The Labute approximate surface area is 181 Å². The monoisotopic (exact) mass is 421 g/mol. The van der Waals surface area contributed by atoms with Crippen LogP contribution in [-0.4, -0.2) is 41.4 Å². The molecule has 0 aliphatic carbocycles. The lowest BCUT2D eigenvalue weighted by Crippen LogP contribution is -2.31. The van der Waals surface area contributed by atoms with Crippen LogP contribution in [0.25, 0.3) is 10.9 Å². The summed E-state index contributed by atoms with van der Waals surface area (Å²) < 4.78 is 1.88. The third kappa shape index (κ3) is 5.63. The molecule has 0 bridgehead atoms. The number of anilines is 2. The van der Waals surface area contributed by atoms with Crippen LogP contribution in [0, 0.1) is 0 Å². The number of nitrogens with one attached hydrogen (secondary N) is 3. The van der Waals surface area contributed by atoms with Crippen LogP contribution in [0.15, 0.2) is 54.7 Å². The number of amides is 4. The molecular weight excluding hydrogens is 394 g/mol. The van der Waals surface area contributed by atoms with Crippen molar-refractivity contribution in [2.75, 3.05) is 24.7 Å². The van der Waals surface area contributed by atoms with E-state index in [1.165, 1.54) is 6.92 Å². The largest absolute Gasteiger partial charge is 0.347 e. The maximum absolute atomic E-state index is 12.5. The van der Waals surface area contributed by atoms with Gasteiger partial charge in [0.15, 0.2) is 0 Å². The first-order valence-corrected chi connectivity index (χ1v) is 9.97. The molecule has 3 aromatic rings. The van der Waals surface area contributed by atoms with E-state index in [4.69, 9.17) is 0 Å². The van der Waals surface area contributed by atoms with E-state index in [-0.39, 0.29) is 30.4 Å². The van der Waals surface area contributed by atoms with Crippen LogP contribution in [0.5, 0.6) is 0 Å². The highest BCUT2D eigenvalue weighted by Crippen LogP contribution is 2.22. The average molecular weight is 422 g/mol. The lowest BCUT2D eigenvalue weighted by atomic mass is 10.1. The summed E-state index contributed by atoms with van der Waals surface area (Å²) in [6, 6.07) is 14.2. The Hall–Kier alpha value is -3.81. The highest BCUT2D eigenvalue weighted by Gasteiger charge is 2.12. The van der Waals surface area contributed by atoms with Crippen molar-refractivity contribution in [1.29, 1.82) is 0 Å². The fourth-order valence-electron chi connectivity index (χ4n) is 3.24. The number of carbonyl (C=O) groups is 3. The summed E-state index contributed by atoms with van der Waals surface area (Å²) in [4.78, 5) is 37.2. The summed E-state index contributed by atoms with van der Waals surface area (Å²) in [5.74, 6) is -0.138. The Bertz CT molecular complexity index is 1120. The fourth-order valence-corrected chi connectivity index (χ4v) is 3.24. The minimum Gasteiger partial charge on any atom is -0.347 e. The van der Waals surface area contributed by atoms with Gasteiger partial charge in [0, 0.05) is 49.5 Å². The molecule has 0 saturated carbocycles. The van der Waals surface area contributed by atoms with Crippen molar-refractivity contribution in [2.45, 2.75) is 26.4 Å². The third-order valence-corrected chi connectivity index (χ3v) is 4.89. The van der Waals surface area contributed by atoms with Gasteiger partial charge in [-0.1, -0.05) is 12.1 Å². The standard InChI is InChI=1S/C23H27N5O3/c1-15(17-6-5-7-19(12-17)25-16(2)29)24-23(31)26-20-8-9-21-18(13-20)10-11-28(21)14-22(30)27(3)4/h5-13,15H,14H2,1-4H3,(H,25,29)(H2,24,26,31). The van der Waals surface area contributed by atoms with Crippen molar-refractivity contribution in [3.05, 3.63) is 60.3 Å². The minimum absolute atomic E-state index is 0.00985. The third-order valence-electron chi connectivity index (χ3n) is 4.89. The van der Waals surface area contributed by atoms with Gasteiger partial charge < -0.3 is 25.4 Å². The zero-order valence-corrected chi connectivity index (χ0v) is 18.1. The van der Waals surface area contributed by atoms with E-state index in [9.17, 15) is 14.4 Å². The maximum atomic E-state index is 12.5. The van der Waals surface area contributed by atoms with Crippen molar-refractivity contribution < 1.29 is 14.4 Å². The van der Waals surface area contributed by atoms with Crippen LogP contribution in [-0.2, 0) is 16.1 Å². The predicted molar refractivity (Wildman–Crippen MR) is 122 cm³/mol. The molecule has 8 heteroatoms. The van der Waals surface area contributed by atoms with E-state index in [1.54, 1.807) is 31.1 Å². The van der Waals surface area contributed by atoms with E-state index in [1.807, 2.05) is 54.1 Å². The Kier molecular flexibility index (Phi) is 6.59. The normalized spacial score (nSPS) is 11.6. The van der Waals surface area contributed by atoms with Crippen molar-refractivity contribution in [3.8, 4) is 0 Å². The summed E-state index contributed by atoms with van der Waals surface area (Å²) in [5.41, 5.74) is 3.13. The van der Waals surface area contributed by atoms with E-state index in [0.717, 1.165) is 16.5 Å². The van der Waals surface area contributed by atoms with Gasteiger partial charge in [-0.25, -0.2) is 4.79 Å². The summed E-state index contributed by atoms with van der Waals surface area (Å²) in [5, 5.41) is 9.41. The molecule has 1 aromatic heterocycles. The number of benzene rings is 2. The van der Waals surface area contributed by atoms with Gasteiger partial charge >= 0.3 is 6.03 Å². The molecule has 1 atom stereocenters. The smallest absolute Gasteiger partial charge is 0.319 e. The first-order valence-electron chi connectivity index (χ1n) is 9.97. The van der Waals surface area contributed by atoms with Gasteiger partial charge in [-0.05, 0) is 48.9 Å². The van der Waals surface area contributed by atoms with Crippen LogP contribution >= 0.6 is 0 Å². The van der Waals surface area contributed by atoms with Crippen LogP contribution in [0.3, 0.4) is 0 Å². The molecule has 3 N–H and O–H groups in total. The van der Waals surface area contributed by atoms with Gasteiger partial charge in [-0.15, -0.1) is 0 Å². The topological polar surface area (TPSA) is 95.5 Å². The van der Waals surface area contributed by atoms with E-state index in [2.05, 4.69) is 16.0 Å². The lowest BCUT2D eigenvalue weighted by molar-refractivity contribution is -0.129. The van der Waals surface area contributed by atoms with Crippen molar-refractivity contribution in [2.24, 2.45) is 0 Å². The molecular formula is C23H27N5O3. The van der Waals surface area contributed by atoms with Crippen LogP contribution in [0.1, 0.15) is 25.5 Å². The number of hydrogen-bond donors (Lipinski definition) is 3. The Morgan fingerprint density at radius 2 is 1.74 bits per heavy atom. The molecule has 31 heavy (non-hydrogen) atoms. The number of hydrogen-bond acceptors (Lipinski definition) is 3. The molecule has 4 amide bonds. The molecule has 2 aromatic carbocycles. The first kappa shape index (κ1) is 21.9. The Balaban J connectivity index is 1.65. The van der Waals surface area contributed by atoms with Gasteiger partial charge in [-0.3, -0.25) is 9.59 Å². The first-order chi connectivity index (χ1) is 14.7. The molecule has 0 radical (unpaired) electrons. The lowest BCUT2D eigenvalue weighted by Gasteiger charge is -2.16. The Morgan fingerprint density at radius 1 is 1.00 bits per heavy atom. The van der Waals surface area contributed by atoms with Crippen LogP contribution in [0.4, 0.5) is 16.2 Å². The Morgan fingerprint density at radius 3 is 2.45 bits per heavy atom. The molecule has 1 heterocycles. The van der Waals surface area contributed by atoms with Crippen molar-refractivity contribution in [1.82, 2.24) is 14.8 Å². The molecule has 0 aliphatic heterocycles. The molecule has 0 spiro atoms. The molecule has 0 fully saturated rings. The van der Waals surface area contributed by atoms with Gasteiger partial charge in [0.2, 0.25) is 11.8 Å². The molecule has 8 nitrogen and oxygen atoms in total. The average Bonchev–Trinajstić information content (AvgIpc) is 3.09. The van der Waals surface area contributed by atoms with Crippen molar-refractivity contribution >= 4 is 40.1 Å². The number of aromatic nitrogens is 1. The van der Waals surface area contributed by atoms with Crippen LogP contribution < -0.4 is 16.0 Å². The van der Waals surface area contributed by atoms with E-state index in [0.29, 0.717) is 11.4 Å². The zero-order valence-electron chi connectivity index (χ0n) is 18.1. The van der Waals surface area contributed by atoms with Gasteiger partial charge in [-0.2, -0.15) is 0 Å². The predicted octanol–water partition coefficient (Wildman–Crippen LogP) is 3.57. The number of rotatable bonds is 6. The number of fused-ring (bicyclic) bond motifs is 1. The molecule has 0 aliphatic rings. The fraction of sp³-hybridized carbons (Fsp3) is 0.261. The maximum Gasteiger partial charge on any atom is 0.319 e. The number of nitrogens with zero attached hydrogens (tertiary/aromatic N) is 2. The SMILES string of the molecule is CC(=O)Nc1cccc(C(C)NC(=O)Nc2ccc3c(ccn3CC(=O)N(C)C)c2)c1. The summed E-state index contributed by atoms with van der Waals surface area (Å²) in [6.07, 6.45) is 1.86. The molecule has 162 valence electrons. The van der Waals surface area contributed by atoms with Crippen molar-refractivity contribution in [3.63, 3.8) is 0 Å². The van der Waals surface area contributed by atoms with Gasteiger partial charge in [0.05, 0.1) is 6.04 Å². The van der Waals surface area contributed by atoms with Gasteiger partial charge in [0.25, 0.3) is 0 Å². The molecule has 1 unspecified atom stereocenters. The minimum atomic E-state index is -0.334. The second-order valence-corrected chi connectivity index (χ2v) is 7.63.